The number of hydrogen-bond donors (Lipinski definition) is 5. The summed E-state index contributed by atoms with van der Waals surface area (Å²) in [7, 11) is 4.03. The lowest BCUT2D eigenvalue weighted by Crippen LogP contribution is -2.35. The van der Waals surface area contributed by atoms with E-state index < -0.39 is 12.0 Å². The van der Waals surface area contributed by atoms with Gasteiger partial charge >= 0.3 is 0 Å². The minimum absolute atomic E-state index is 0.110. The fourth-order valence-electron chi connectivity index (χ4n) is 2.47. The van der Waals surface area contributed by atoms with Gasteiger partial charge in [0.1, 0.15) is 5.82 Å². The number of benzene rings is 1. The van der Waals surface area contributed by atoms with Crippen LogP contribution in [0.25, 0.3) is 0 Å². The molecule has 2 aromatic rings. The van der Waals surface area contributed by atoms with Crippen LogP contribution in [0.1, 0.15) is 27.9 Å². The molecule has 1 aromatic carbocycles. The van der Waals surface area contributed by atoms with Crippen LogP contribution in [0.15, 0.2) is 42.6 Å². The van der Waals surface area contributed by atoms with E-state index in [1.54, 1.807) is 30.5 Å². The molecule has 5 N–H and O–H groups in total. The molecule has 0 aliphatic carbocycles. The Morgan fingerprint density at radius 3 is 2.39 bits per heavy atom. The predicted octanol–water partition coefficient (Wildman–Crippen LogP) is 0.441. The lowest BCUT2D eigenvalue weighted by molar-refractivity contribution is -0.131. The third-order valence-corrected chi connectivity index (χ3v) is 4.17. The van der Waals surface area contributed by atoms with Gasteiger partial charge in [0.05, 0.1) is 12.5 Å². The number of amides is 2. The fraction of sp³-hybridized carbons (Fsp3) is 0.318. The van der Waals surface area contributed by atoms with Crippen LogP contribution in [0.2, 0.25) is 0 Å². The molecule has 0 saturated carbocycles. The third kappa shape index (κ3) is 8.84. The van der Waals surface area contributed by atoms with Crippen LogP contribution in [-0.4, -0.2) is 71.8 Å². The van der Waals surface area contributed by atoms with Crippen LogP contribution in [-0.2, 0) is 4.79 Å². The Morgan fingerprint density at radius 2 is 1.77 bits per heavy atom. The number of anilines is 1. The van der Waals surface area contributed by atoms with Gasteiger partial charge in [0.15, 0.2) is 0 Å². The number of pyridine rings is 1. The molecule has 2 amide bonds. The van der Waals surface area contributed by atoms with Crippen molar-refractivity contribution < 1.29 is 19.9 Å². The summed E-state index contributed by atoms with van der Waals surface area (Å²) in [6, 6.07) is 10.5. The zero-order valence-electron chi connectivity index (χ0n) is 17.6. The van der Waals surface area contributed by atoms with Crippen LogP contribution >= 0.6 is 0 Å². The van der Waals surface area contributed by atoms with E-state index in [0.29, 0.717) is 5.56 Å². The Bertz CT molecular complexity index is 918. The lowest BCUT2D eigenvalue weighted by Gasteiger charge is -2.10. The molecule has 164 valence electrons. The molecule has 1 atom stereocenters. The quantitative estimate of drug-likeness (QED) is 0.224. The van der Waals surface area contributed by atoms with Gasteiger partial charge in [-0.2, -0.15) is 0 Å². The normalized spacial score (nSPS) is 11.3. The predicted molar refractivity (Wildman–Crippen MR) is 117 cm³/mol. The van der Waals surface area contributed by atoms with Crippen LogP contribution in [0.5, 0.6) is 0 Å². The molecular formula is C22H27N5O4. The van der Waals surface area contributed by atoms with Gasteiger partial charge in [-0.3, -0.25) is 14.8 Å². The number of aromatic nitrogens is 1. The summed E-state index contributed by atoms with van der Waals surface area (Å²) < 4.78 is 0. The summed E-state index contributed by atoms with van der Waals surface area (Å²) >= 11 is 0. The molecule has 9 heteroatoms. The van der Waals surface area contributed by atoms with Crippen LogP contribution in [0.4, 0.5) is 5.82 Å². The van der Waals surface area contributed by atoms with Crippen molar-refractivity contribution in [1.82, 2.24) is 20.7 Å². The van der Waals surface area contributed by atoms with E-state index in [2.05, 4.69) is 32.4 Å². The highest BCUT2D eigenvalue weighted by Gasteiger charge is 2.12. The van der Waals surface area contributed by atoms with Crippen molar-refractivity contribution in [3.63, 3.8) is 0 Å². The van der Waals surface area contributed by atoms with E-state index >= 15 is 0 Å². The average molecular weight is 425 g/mol. The van der Waals surface area contributed by atoms with Crippen LogP contribution < -0.4 is 16.1 Å². The maximum absolute atomic E-state index is 12.1. The summed E-state index contributed by atoms with van der Waals surface area (Å²) in [4.78, 5) is 29.5. The second-order valence-electron chi connectivity index (χ2n) is 7.09. The van der Waals surface area contributed by atoms with Gasteiger partial charge in [0.25, 0.3) is 5.91 Å². The largest absolute Gasteiger partial charge is 0.391 e. The fourth-order valence-corrected chi connectivity index (χ4v) is 2.47. The first kappa shape index (κ1) is 23.8. The van der Waals surface area contributed by atoms with Crippen molar-refractivity contribution >= 4 is 17.6 Å². The number of hydroxylamine groups is 1. The second-order valence-corrected chi connectivity index (χ2v) is 7.09. The standard InChI is InChI=1S/C22H27N5O4/c1-27(2)12-11-23-20-10-7-17(14-24-20)4-3-16-5-8-18(9-6-16)22(30)25-15-19(28)13-21(29)26-31/h5-10,14,19,28,31H,11-13,15H2,1-2H3,(H,23,24)(H,25,30)(H,26,29)/t19-/m0/s1. The molecular weight excluding hydrogens is 398 g/mol. The van der Waals surface area contributed by atoms with E-state index in [1.165, 1.54) is 5.48 Å². The molecule has 2 rings (SSSR count). The summed E-state index contributed by atoms with van der Waals surface area (Å²) in [6.45, 7) is 1.61. The van der Waals surface area contributed by atoms with Crippen molar-refractivity contribution in [1.29, 1.82) is 0 Å². The molecule has 0 aliphatic heterocycles. The minimum atomic E-state index is -1.09. The molecule has 0 fully saturated rings. The highest BCUT2D eigenvalue weighted by molar-refractivity contribution is 5.94. The summed E-state index contributed by atoms with van der Waals surface area (Å²) in [5.74, 6) is 5.75. The van der Waals surface area contributed by atoms with E-state index in [9.17, 15) is 14.7 Å². The first-order valence-electron chi connectivity index (χ1n) is 9.73. The Kier molecular flexibility index (Phi) is 9.45. The van der Waals surface area contributed by atoms with Gasteiger partial charge in [-0.05, 0) is 50.5 Å². The number of nitrogens with zero attached hydrogens (tertiary/aromatic N) is 2. The first-order chi connectivity index (χ1) is 14.9. The minimum Gasteiger partial charge on any atom is -0.391 e. The van der Waals surface area contributed by atoms with Crippen molar-refractivity contribution in [2.45, 2.75) is 12.5 Å². The molecule has 1 heterocycles. The molecule has 0 saturated heterocycles. The van der Waals surface area contributed by atoms with Crippen molar-refractivity contribution in [2.75, 3.05) is 39.0 Å². The van der Waals surface area contributed by atoms with Crippen LogP contribution in [0, 0.1) is 11.8 Å². The molecule has 0 unspecified atom stereocenters. The zero-order chi connectivity index (χ0) is 22.6. The summed E-state index contributed by atoms with van der Waals surface area (Å²) in [5.41, 5.74) is 3.35. The zero-order valence-corrected chi connectivity index (χ0v) is 17.6. The van der Waals surface area contributed by atoms with E-state index in [4.69, 9.17) is 5.21 Å². The topological polar surface area (TPSA) is 127 Å². The Hall–Kier alpha value is -3.45. The number of aliphatic hydroxyl groups excluding tert-OH is 1. The number of aliphatic hydroxyl groups is 1. The van der Waals surface area contributed by atoms with Gasteiger partial charge in [-0.1, -0.05) is 11.8 Å². The van der Waals surface area contributed by atoms with Gasteiger partial charge in [-0.25, -0.2) is 10.5 Å². The van der Waals surface area contributed by atoms with Crippen molar-refractivity contribution in [3.8, 4) is 11.8 Å². The molecule has 31 heavy (non-hydrogen) atoms. The second kappa shape index (κ2) is 12.3. The first-order valence-corrected chi connectivity index (χ1v) is 9.73. The molecule has 1 aromatic heterocycles. The lowest BCUT2D eigenvalue weighted by atomic mass is 10.1. The van der Waals surface area contributed by atoms with Gasteiger partial charge in [0, 0.05) is 42.5 Å². The molecule has 0 radical (unpaired) electrons. The number of carbonyl (C=O) groups is 2. The maximum atomic E-state index is 12.1. The van der Waals surface area contributed by atoms with Crippen molar-refractivity contribution in [3.05, 3.63) is 59.3 Å². The summed E-state index contributed by atoms with van der Waals surface area (Å²) in [6.07, 6.45) is 0.298. The van der Waals surface area contributed by atoms with Gasteiger partial charge < -0.3 is 20.6 Å². The van der Waals surface area contributed by atoms with E-state index in [1.807, 2.05) is 26.2 Å². The molecule has 0 bridgehead atoms. The van der Waals surface area contributed by atoms with Gasteiger partial charge in [-0.15, -0.1) is 0 Å². The Balaban J connectivity index is 1.86. The van der Waals surface area contributed by atoms with E-state index in [0.717, 1.165) is 30.0 Å². The van der Waals surface area contributed by atoms with Crippen LogP contribution in [0.3, 0.4) is 0 Å². The molecule has 9 nitrogen and oxygen atoms in total. The smallest absolute Gasteiger partial charge is 0.251 e. The Morgan fingerprint density at radius 1 is 1.10 bits per heavy atom. The average Bonchev–Trinajstić information content (AvgIpc) is 2.77. The van der Waals surface area contributed by atoms with Crippen molar-refractivity contribution in [2.24, 2.45) is 0 Å². The number of nitrogens with one attached hydrogen (secondary N) is 3. The highest BCUT2D eigenvalue weighted by Crippen LogP contribution is 2.06. The molecule has 0 aliphatic rings. The number of rotatable bonds is 9. The number of carbonyl (C=O) groups excluding carboxylic acids is 2. The number of hydrogen-bond acceptors (Lipinski definition) is 7. The monoisotopic (exact) mass is 425 g/mol. The van der Waals surface area contributed by atoms with Gasteiger partial charge in [0.2, 0.25) is 5.91 Å². The summed E-state index contributed by atoms with van der Waals surface area (Å²) in [5, 5.41) is 23.8. The highest BCUT2D eigenvalue weighted by atomic mass is 16.5. The molecule has 0 spiro atoms. The SMILES string of the molecule is CN(C)CCNc1ccc(C#Cc2ccc(C(=O)NC[C@@H](O)CC(=O)NO)cc2)cn1. The van der Waals surface area contributed by atoms with E-state index in [-0.39, 0.29) is 18.9 Å². The number of likely N-dealkylation sites (N-methyl/N-ethyl adjacent to an activating group) is 1. The third-order valence-electron chi connectivity index (χ3n) is 4.17. The Labute approximate surface area is 181 Å². The maximum Gasteiger partial charge on any atom is 0.251 e.